The Morgan fingerprint density at radius 1 is 0.846 bits per heavy atom. The smallest absolute Gasteiger partial charge is 0.108 e. The van der Waals surface area contributed by atoms with E-state index in [0.717, 1.165) is 11.8 Å². The summed E-state index contributed by atoms with van der Waals surface area (Å²) in [5, 5.41) is 0. The predicted molar refractivity (Wildman–Crippen MR) is 61.9 cm³/mol. The van der Waals surface area contributed by atoms with Crippen LogP contribution >= 0.6 is 0 Å². The van der Waals surface area contributed by atoms with Crippen LogP contribution in [0.25, 0.3) is 0 Å². The van der Waals surface area contributed by atoms with Crippen molar-refractivity contribution in [3.05, 3.63) is 0 Å². The van der Waals surface area contributed by atoms with Crippen molar-refractivity contribution in [2.45, 2.75) is 40.5 Å². The van der Waals surface area contributed by atoms with Crippen LogP contribution in [0.3, 0.4) is 0 Å². The summed E-state index contributed by atoms with van der Waals surface area (Å²) in [6, 6.07) is 0. The van der Waals surface area contributed by atoms with Crippen molar-refractivity contribution < 1.29 is 24.0 Å². The van der Waals surface area contributed by atoms with E-state index >= 15 is 0 Å². The third-order valence-corrected chi connectivity index (χ3v) is 3.95. The molecule has 0 spiro atoms. The molecule has 0 nitrogen and oxygen atoms in total. The third kappa shape index (κ3) is 13.1. The number of hydrogen-bond donors (Lipinski definition) is 0. The lowest BCUT2D eigenvalue weighted by atomic mass is 10.2. The lowest BCUT2D eigenvalue weighted by molar-refractivity contribution is -0.00000308. The first-order valence-electron chi connectivity index (χ1n) is 5.11. The van der Waals surface area contributed by atoms with Gasteiger partial charge in [-0.3, -0.25) is 0 Å². The van der Waals surface area contributed by atoms with E-state index in [4.69, 9.17) is 0 Å². The minimum absolute atomic E-state index is 0. The zero-order valence-corrected chi connectivity index (χ0v) is 12.7. The molecule has 0 fully saturated rings. The highest BCUT2D eigenvalue weighted by atomic mass is 127. The van der Waals surface area contributed by atoms with Gasteiger partial charge in [-0.05, 0) is 35.6 Å². The summed E-state index contributed by atoms with van der Waals surface area (Å²) in [7, 11) is 0.689. The van der Waals surface area contributed by atoms with Crippen LogP contribution in [0.15, 0.2) is 0 Å². The Bertz CT molecular complexity index is 90.3. The van der Waals surface area contributed by atoms with Crippen LogP contribution in [0.1, 0.15) is 40.5 Å². The molecule has 0 bridgehead atoms. The highest BCUT2D eigenvalue weighted by molar-refractivity contribution is 7.96. The maximum Gasteiger partial charge on any atom is 0.108 e. The Labute approximate surface area is 105 Å². The monoisotopic (exact) mass is 316 g/mol. The van der Waals surface area contributed by atoms with Crippen molar-refractivity contribution in [2.75, 3.05) is 17.8 Å². The molecule has 0 N–H and O–H groups in total. The van der Waals surface area contributed by atoms with E-state index in [-0.39, 0.29) is 24.0 Å². The molecule has 0 amide bonds. The lowest BCUT2D eigenvalue weighted by Crippen LogP contribution is -3.00. The molecule has 0 atom stereocenters. The molecule has 0 saturated carbocycles. The fourth-order valence-electron chi connectivity index (χ4n) is 0.976. The summed E-state index contributed by atoms with van der Waals surface area (Å²) in [4.78, 5) is 0. The zero-order chi connectivity index (χ0) is 9.56. The Morgan fingerprint density at radius 2 is 1.15 bits per heavy atom. The van der Waals surface area contributed by atoms with Crippen LogP contribution in [0.2, 0.25) is 0 Å². The van der Waals surface area contributed by atoms with Crippen LogP contribution in [-0.2, 0) is 10.9 Å². The van der Waals surface area contributed by atoms with Crippen LogP contribution in [0.5, 0.6) is 0 Å². The van der Waals surface area contributed by atoms with Gasteiger partial charge >= 0.3 is 0 Å². The maximum atomic E-state index is 2.42. The molecule has 0 aromatic rings. The Morgan fingerprint density at radius 3 is 1.38 bits per heavy atom. The van der Waals surface area contributed by atoms with Crippen molar-refractivity contribution in [3.8, 4) is 0 Å². The van der Waals surface area contributed by atoms with Crippen LogP contribution in [-0.4, -0.2) is 17.8 Å². The molecule has 13 heavy (non-hydrogen) atoms. The number of rotatable bonds is 6. The second-order valence-electron chi connectivity index (χ2n) is 4.55. The second-order valence-corrected chi connectivity index (χ2v) is 6.93. The van der Waals surface area contributed by atoms with Gasteiger partial charge in [0, 0.05) is 0 Å². The average Bonchev–Trinajstić information content (AvgIpc) is 1.96. The van der Waals surface area contributed by atoms with E-state index in [9.17, 15) is 0 Å². The maximum absolute atomic E-state index is 2.42. The SMILES string of the molecule is CC(C)CC[S+](C)CCC(C)C.[I-]. The van der Waals surface area contributed by atoms with E-state index < -0.39 is 0 Å². The minimum atomic E-state index is 0. The van der Waals surface area contributed by atoms with E-state index in [0.29, 0.717) is 10.9 Å². The van der Waals surface area contributed by atoms with Gasteiger partial charge in [-0.25, -0.2) is 0 Å². The molecular formula is C11H25IS. The molecule has 0 aliphatic rings. The van der Waals surface area contributed by atoms with E-state index in [1.54, 1.807) is 0 Å². The Kier molecular flexibility index (Phi) is 12.2. The van der Waals surface area contributed by atoms with Crippen LogP contribution in [0.4, 0.5) is 0 Å². The molecule has 0 radical (unpaired) electrons. The van der Waals surface area contributed by atoms with Gasteiger partial charge in [0.1, 0.15) is 11.5 Å². The summed E-state index contributed by atoms with van der Waals surface area (Å²) in [6.45, 7) is 9.28. The highest BCUT2D eigenvalue weighted by Gasteiger charge is 2.11. The zero-order valence-electron chi connectivity index (χ0n) is 9.77. The van der Waals surface area contributed by atoms with E-state index in [1.165, 1.54) is 24.3 Å². The largest absolute Gasteiger partial charge is 1.00 e. The molecule has 0 aromatic carbocycles. The molecule has 2 heteroatoms. The van der Waals surface area contributed by atoms with Gasteiger partial charge in [0.05, 0.1) is 6.26 Å². The normalized spacial score (nSPS) is 11.1. The number of halogens is 1. The summed E-state index contributed by atoms with van der Waals surface area (Å²) >= 11 is 0. The van der Waals surface area contributed by atoms with Crippen molar-refractivity contribution >= 4 is 10.9 Å². The van der Waals surface area contributed by atoms with Gasteiger partial charge in [0.15, 0.2) is 0 Å². The summed E-state index contributed by atoms with van der Waals surface area (Å²) in [5.41, 5.74) is 0. The van der Waals surface area contributed by atoms with E-state index in [2.05, 4.69) is 34.0 Å². The van der Waals surface area contributed by atoms with Gasteiger partial charge in [0.2, 0.25) is 0 Å². The van der Waals surface area contributed by atoms with Crippen molar-refractivity contribution in [1.82, 2.24) is 0 Å². The van der Waals surface area contributed by atoms with Crippen molar-refractivity contribution in [3.63, 3.8) is 0 Å². The Hall–Kier alpha value is 1.08. The molecule has 0 rings (SSSR count). The molecule has 0 aliphatic heterocycles. The van der Waals surface area contributed by atoms with Gasteiger partial charge in [0.25, 0.3) is 0 Å². The molecule has 0 saturated heterocycles. The highest BCUT2D eigenvalue weighted by Crippen LogP contribution is 2.08. The first kappa shape index (κ1) is 16.5. The quantitative estimate of drug-likeness (QED) is 0.489. The van der Waals surface area contributed by atoms with Crippen LogP contribution in [0, 0.1) is 11.8 Å². The number of hydrogen-bond acceptors (Lipinski definition) is 0. The first-order chi connectivity index (χ1) is 5.52. The molecule has 82 valence electrons. The summed E-state index contributed by atoms with van der Waals surface area (Å²) in [6.07, 6.45) is 5.25. The van der Waals surface area contributed by atoms with Crippen molar-refractivity contribution in [2.24, 2.45) is 11.8 Å². The lowest BCUT2D eigenvalue weighted by Gasteiger charge is -2.07. The van der Waals surface area contributed by atoms with Crippen molar-refractivity contribution in [1.29, 1.82) is 0 Å². The molecular weight excluding hydrogens is 291 g/mol. The average molecular weight is 316 g/mol. The molecule has 0 aliphatic carbocycles. The second kappa shape index (κ2) is 9.63. The fourth-order valence-corrected chi connectivity index (χ4v) is 2.93. The molecule has 0 aromatic heterocycles. The molecule has 0 unspecified atom stereocenters. The minimum Gasteiger partial charge on any atom is -1.00 e. The predicted octanol–water partition coefficient (Wildman–Crippen LogP) is 0.331. The topological polar surface area (TPSA) is 0 Å². The van der Waals surface area contributed by atoms with Gasteiger partial charge in [-0.1, -0.05) is 27.7 Å². The fraction of sp³-hybridized carbons (Fsp3) is 1.00. The van der Waals surface area contributed by atoms with E-state index in [1.807, 2.05) is 0 Å². The third-order valence-electron chi connectivity index (χ3n) is 2.09. The standard InChI is InChI=1S/C11H25S.HI/c1-10(2)6-8-12(5)9-7-11(3)4;/h10-11H,6-9H2,1-5H3;1H/q+1;/p-1. The van der Waals surface area contributed by atoms with Gasteiger partial charge in [-0.2, -0.15) is 0 Å². The summed E-state index contributed by atoms with van der Waals surface area (Å²) < 4.78 is 0. The Balaban J connectivity index is 0. The van der Waals surface area contributed by atoms with Crippen LogP contribution < -0.4 is 24.0 Å². The van der Waals surface area contributed by atoms with Gasteiger partial charge in [-0.15, -0.1) is 0 Å². The summed E-state index contributed by atoms with van der Waals surface area (Å²) in [5.74, 6) is 4.67. The molecule has 0 heterocycles. The first-order valence-corrected chi connectivity index (χ1v) is 7.08. The van der Waals surface area contributed by atoms with Gasteiger partial charge < -0.3 is 24.0 Å².